The lowest BCUT2D eigenvalue weighted by atomic mass is 10.1. The number of rotatable bonds is 3. The van der Waals surface area contributed by atoms with Gasteiger partial charge in [-0.05, 0) is 46.1 Å². The van der Waals surface area contributed by atoms with Gasteiger partial charge in [0.25, 0.3) is 0 Å². The van der Waals surface area contributed by atoms with Crippen LogP contribution in [-0.2, 0) is 6.54 Å². The second-order valence-electron chi connectivity index (χ2n) is 6.10. The Balaban J connectivity index is 1.52. The van der Waals surface area contributed by atoms with Crippen LogP contribution in [0.2, 0.25) is 0 Å². The number of nitrogens with one attached hydrogen (secondary N) is 1. The van der Waals surface area contributed by atoms with E-state index >= 15 is 0 Å². The molecule has 1 aliphatic heterocycles. The van der Waals surface area contributed by atoms with Gasteiger partial charge in [0.15, 0.2) is 0 Å². The zero-order valence-electron chi connectivity index (χ0n) is 13.8. The van der Waals surface area contributed by atoms with Gasteiger partial charge in [0, 0.05) is 37.2 Å². The smallest absolute Gasteiger partial charge is 0.321 e. The van der Waals surface area contributed by atoms with Crippen LogP contribution in [0, 0.1) is 6.92 Å². The van der Waals surface area contributed by atoms with Crippen molar-refractivity contribution in [2.75, 3.05) is 31.5 Å². The van der Waals surface area contributed by atoms with Crippen LogP contribution in [0.5, 0.6) is 0 Å². The average molecular weight is 388 g/mol. The number of urea groups is 1. The Bertz CT molecular complexity index is 711. The Hall–Kier alpha value is -1.85. The zero-order chi connectivity index (χ0) is 16.9. The first-order chi connectivity index (χ1) is 11.6. The molecule has 0 radical (unpaired) electrons. The van der Waals surface area contributed by atoms with Gasteiger partial charge in [-0.25, -0.2) is 4.79 Å². The number of aryl methyl sites for hydroxylation is 1. The first-order valence-corrected chi connectivity index (χ1v) is 9.00. The molecule has 0 saturated carbocycles. The Labute approximate surface area is 151 Å². The molecule has 1 N–H and O–H groups in total. The minimum absolute atomic E-state index is 0.0301. The van der Waals surface area contributed by atoms with Gasteiger partial charge < -0.3 is 10.2 Å². The number of amides is 2. The molecule has 0 aromatic heterocycles. The Kier molecular flexibility index (Phi) is 5.53. The molecule has 1 fully saturated rings. The topological polar surface area (TPSA) is 35.6 Å². The second-order valence-corrected chi connectivity index (χ2v) is 6.95. The minimum Gasteiger partial charge on any atom is -0.322 e. The fraction of sp³-hybridized carbons (Fsp3) is 0.316. The van der Waals surface area contributed by atoms with Crippen molar-refractivity contribution in [3.05, 3.63) is 64.1 Å². The van der Waals surface area contributed by atoms with Crippen molar-refractivity contribution in [3.63, 3.8) is 0 Å². The van der Waals surface area contributed by atoms with Crippen molar-refractivity contribution in [3.8, 4) is 0 Å². The quantitative estimate of drug-likeness (QED) is 0.859. The van der Waals surface area contributed by atoms with E-state index in [1.165, 1.54) is 11.1 Å². The van der Waals surface area contributed by atoms with Crippen molar-refractivity contribution in [1.29, 1.82) is 0 Å². The molecule has 0 aliphatic carbocycles. The van der Waals surface area contributed by atoms with E-state index in [1.54, 1.807) is 0 Å². The molecule has 1 heterocycles. The number of carbonyl (C=O) groups excluding carboxylic acids is 1. The summed E-state index contributed by atoms with van der Waals surface area (Å²) in [6, 6.07) is 16.1. The molecule has 2 aromatic carbocycles. The van der Waals surface area contributed by atoms with Gasteiger partial charge in [0.1, 0.15) is 0 Å². The molecule has 1 saturated heterocycles. The molecular formula is C19H22BrN3O. The van der Waals surface area contributed by atoms with Gasteiger partial charge in [0.05, 0.1) is 5.69 Å². The molecule has 2 aromatic rings. The largest absolute Gasteiger partial charge is 0.322 e. The molecule has 3 rings (SSSR count). The maximum atomic E-state index is 12.4. The summed E-state index contributed by atoms with van der Waals surface area (Å²) in [5.74, 6) is 0. The predicted molar refractivity (Wildman–Crippen MR) is 101 cm³/mol. The van der Waals surface area contributed by atoms with E-state index < -0.39 is 0 Å². The van der Waals surface area contributed by atoms with Gasteiger partial charge in [0.2, 0.25) is 0 Å². The zero-order valence-corrected chi connectivity index (χ0v) is 15.4. The minimum atomic E-state index is -0.0301. The van der Waals surface area contributed by atoms with E-state index in [1.807, 2.05) is 29.2 Å². The number of carbonyl (C=O) groups is 1. The molecule has 0 spiro atoms. The van der Waals surface area contributed by atoms with Crippen LogP contribution in [0.15, 0.2) is 53.0 Å². The summed E-state index contributed by atoms with van der Waals surface area (Å²) in [4.78, 5) is 16.7. The van der Waals surface area contributed by atoms with E-state index in [2.05, 4.69) is 57.3 Å². The third kappa shape index (κ3) is 4.16. The summed E-state index contributed by atoms with van der Waals surface area (Å²) in [6.07, 6.45) is 0. The summed E-state index contributed by atoms with van der Waals surface area (Å²) < 4.78 is 0.900. The maximum Gasteiger partial charge on any atom is 0.321 e. The lowest BCUT2D eigenvalue weighted by Gasteiger charge is -2.35. The number of halogens is 1. The summed E-state index contributed by atoms with van der Waals surface area (Å²) in [7, 11) is 0. The Morgan fingerprint density at radius 1 is 1.04 bits per heavy atom. The lowest BCUT2D eigenvalue weighted by molar-refractivity contribution is 0.143. The molecule has 0 unspecified atom stereocenters. The van der Waals surface area contributed by atoms with E-state index in [4.69, 9.17) is 0 Å². The second kappa shape index (κ2) is 7.81. The van der Waals surface area contributed by atoms with Crippen molar-refractivity contribution < 1.29 is 4.79 Å². The summed E-state index contributed by atoms with van der Waals surface area (Å²) in [6.45, 7) is 6.41. The monoisotopic (exact) mass is 387 g/mol. The number of anilines is 1. The molecule has 0 atom stereocenters. The number of hydrogen-bond acceptors (Lipinski definition) is 2. The van der Waals surface area contributed by atoms with E-state index in [0.717, 1.165) is 42.9 Å². The molecule has 4 nitrogen and oxygen atoms in total. The van der Waals surface area contributed by atoms with Crippen LogP contribution in [-0.4, -0.2) is 42.0 Å². The van der Waals surface area contributed by atoms with E-state index in [0.29, 0.717) is 0 Å². The highest BCUT2D eigenvalue weighted by Crippen LogP contribution is 2.22. The highest BCUT2D eigenvalue weighted by Gasteiger charge is 2.21. The number of benzene rings is 2. The van der Waals surface area contributed by atoms with Crippen molar-refractivity contribution >= 4 is 27.6 Å². The summed E-state index contributed by atoms with van der Waals surface area (Å²) in [5.41, 5.74) is 3.50. The first-order valence-electron chi connectivity index (χ1n) is 8.21. The van der Waals surface area contributed by atoms with Gasteiger partial charge in [-0.3, -0.25) is 4.90 Å². The highest BCUT2D eigenvalue weighted by molar-refractivity contribution is 9.10. The molecule has 2 amide bonds. The number of hydrogen-bond donors (Lipinski definition) is 1. The summed E-state index contributed by atoms with van der Waals surface area (Å²) >= 11 is 3.46. The lowest BCUT2D eigenvalue weighted by Crippen LogP contribution is -2.49. The maximum absolute atomic E-state index is 12.4. The van der Waals surface area contributed by atoms with Gasteiger partial charge in [-0.2, -0.15) is 0 Å². The van der Waals surface area contributed by atoms with Crippen molar-refractivity contribution in [2.45, 2.75) is 13.5 Å². The van der Waals surface area contributed by atoms with Crippen molar-refractivity contribution in [1.82, 2.24) is 9.80 Å². The fourth-order valence-corrected chi connectivity index (χ4v) is 3.28. The van der Waals surface area contributed by atoms with E-state index in [9.17, 15) is 4.79 Å². The third-order valence-corrected chi connectivity index (χ3v) is 5.12. The molecule has 24 heavy (non-hydrogen) atoms. The normalized spacial score (nSPS) is 15.3. The van der Waals surface area contributed by atoms with Crippen LogP contribution in [0.3, 0.4) is 0 Å². The Morgan fingerprint density at radius 2 is 1.71 bits per heavy atom. The Morgan fingerprint density at radius 3 is 2.42 bits per heavy atom. The van der Waals surface area contributed by atoms with Crippen LogP contribution in [0.4, 0.5) is 10.5 Å². The molecule has 126 valence electrons. The highest BCUT2D eigenvalue weighted by atomic mass is 79.9. The van der Waals surface area contributed by atoms with Crippen molar-refractivity contribution in [2.24, 2.45) is 0 Å². The average Bonchev–Trinajstić information content (AvgIpc) is 2.59. The van der Waals surface area contributed by atoms with Crippen LogP contribution >= 0.6 is 15.9 Å². The third-order valence-electron chi connectivity index (χ3n) is 4.43. The van der Waals surface area contributed by atoms with E-state index in [-0.39, 0.29) is 6.03 Å². The van der Waals surface area contributed by atoms with Gasteiger partial charge >= 0.3 is 6.03 Å². The number of piperazine rings is 1. The number of para-hydroxylation sites is 1. The predicted octanol–water partition coefficient (Wildman–Crippen LogP) is 4.11. The van der Waals surface area contributed by atoms with Gasteiger partial charge in [-0.1, -0.05) is 36.4 Å². The fourth-order valence-electron chi connectivity index (χ4n) is 2.89. The summed E-state index contributed by atoms with van der Waals surface area (Å²) in [5, 5.41) is 2.98. The van der Waals surface area contributed by atoms with Crippen LogP contribution in [0.25, 0.3) is 0 Å². The van der Waals surface area contributed by atoms with Crippen LogP contribution in [0.1, 0.15) is 11.1 Å². The number of nitrogens with zero attached hydrogens (tertiary/aromatic N) is 2. The first kappa shape index (κ1) is 17.0. The molecule has 0 bridgehead atoms. The molecular weight excluding hydrogens is 366 g/mol. The SMILES string of the molecule is Cc1ccccc1CN1CCN(C(=O)Nc2ccccc2Br)CC1. The standard InChI is InChI=1S/C19H22BrN3O/c1-15-6-2-3-7-16(15)14-22-10-12-23(13-11-22)19(24)21-18-9-5-4-8-17(18)20/h2-9H,10-14H2,1H3,(H,21,24). The molecule has 5 heteroatoms. The van der Waals surface area contributed by atoms with Gasteiger partial charge in [-0.15, -0.1) is 0 Å². The molecule has 1 aliphatic rings. The van der Waals surface area contributed by atoms with Crippen LogP contribution < -0.4 is 5.32 Å².